The molecule has 0 atom stereocenters. The molecule has 0 unspecified atom stereocenters. The first-order valence-corrected chi connectivity index (χ1v) is 12.6. The maximum atomic E-state index is 12.9. The van der Waals surface area contributed by atoms with Gasteiger partial charge in [0.05, 0.1) is 12.1 Å². The summed E-state index contributed by atoms with van der Waals surface area (Å²) >= 11 is 13.5. The van der Waals surface area contributed by atoms with E-state index in [0.717, 1.165) is 5.56 Å². The van der Waals surface area contributed by atoms with Crippen LogP contribution < -0.4 is 19.6 Å². The molecule has 0 amide bonds. The van der Waals surface area contributed by atoms with Gasteiger partial charge in [-0.05, 0) is 54.1 Å². The van der Waals surface area contributed by atoms with Crippen LogP contribution in [0, 0.1) is 0 Å². The lowest BCUT2D eigenvalue weighted by molar-refractivity contribution is 0.326. The summed E-state index contributed by atoms with van der Waals surface area (Å²) in [6.07, 6.45) is 6.90. The van der Waals surface area contributed by atoms with E-state index in [2.05, 4.69) is 16.7 Å². The number of thiazole rings is 1. The van der Waals surface area contributed by atoms with Crippen LogP contribution >= 0.6 is 34.5 Å². The first-order chi connectivity index (χ1) is 17.9. The summed E-state index contributed by atoms with van der Waals surface area (Å²) in [7, 11) is 1.58. The Bertz CT molecular complexity index is 1750. The molecule has 0 saturated carbocycles. The van der Waals surface area contributed by atoms with E-state index >= 15 is 0 Å². The first-order valence-electron chi connectivity index (χ1n) is 11.0. The van der Waals surface area contributed by atoms with Gasteiger partial charge in [0.25, 0.3) is 5.56 Å². The van der Waals surface area contributed by atoms with Crippen LogP contribution in [0.15, 0.2) is 70.4 Å². The molecule has 5 aromatic rings. The predicted octanol–water partition coefficient (Wildman–Crippen LogP) is 6.01. The summed E-state index contributed by atoms with van der Waals surface area (Å²) in [5.41, 5.74) is 1.30. The quantitative estimate of drug-likeness (QED) is 0.220. The third-order valence-corrected chi connectivity index (χ3v) is 6.77. The Morgan fingerprint density at radius 3 is 2.73 bits per heavy atom. The van der Waals surface area contributed by atoms with Crippen LogP contribution in [-0.2, 0) is 0 Å². The van der Waals surface area contributed by atoms with Crippen molar-refractivity contribution in [2.45, 2.75) is 0 Å². The van der Waals surface area contributed by atoms with Crippen LogP contribution in [-0.4, -0.2) is 28.3 Å². The molecule has 2 aromatic carbocycles. The largest absolute Gasteiger partial charge is 0.493 e. The Labute approximate surface area is 225 Å². The second-order valence-corrected chi connectivity index (χ2v) is 9.60. The van der Waals surface area contributed by atoms with Gasteiger partial charge in [0, 0.05) is 16.7 Å². The Morgan fingerprint density at radius 1 is 1.11 bits per heavy atom. The highest BCUT2D eigenvalue weighted by atomic mass is 35.5. The number of hydrogen-bond donors (Lipinski definition) is 0. The van der Waals surface area contributed by atoms with Crippen molar-refractivity contribution in [1.82, 2.24) is 14.6 Å². The zero-order valence-electron chi connectivity index (χ0n) is 19.5. The minimum atomic E-state index is -0.278. The summed E-state index contributed by atoms with van der Waals surface area (Å²) < 4.78 is 18.6. The summed E-state index contributed by atoms with van der Waals surface area (Å²) in [6.45, 7) is 4.03. The molecule has 3 heterocycles. The number of fused-ring (bicyclic) bond motifs is 1. The molecule has 0 bridgehead atoms. The van der Waals surface area contributed by atoms with Crippen molar-refractivity contribution in [3.8, 4) is 22.8 Å². The molecule has 37 heavy (non-hydrogen) atoms. The lowest BCUT2D eigenvalue weighted by Gasteiger charge is -2.09. The fourth-order valence-electron chi connectivity index (χ4n) is 3.54. The van der Waals surface area contributed by atoms with Crippen LogP contribution in [0.3, 0.4) is 0 Å². The van der Waals surface area contributed by atoms with Crippen molar-refractivity contribution < 1.29 is 13.9 Å². The molecule has 0 spiro atoms. The van der Waals surface area contributed by atoms with Gasteiger partial charge in [-0.3, -0.25) is 4.79 Å². The fourth-order valence-corrected chi connectivity index (χ4v) is 4.94. The number of benzene rings is 2. The van der Waals surface area contributed by atoms with E-state index in [1.54, 1.807) is 55.7 Å². The monoisotopic (exact) mass is 551 g/mol. The highest BCUT2D eigenvalue weighted by Gasteiger charge is 2.12. The van der Waals surface area contributed by atoms with Gasteiger partial charge in [-0.25, -0.2) is 0 Å². The highest BCUT2D eigenvalue weighted by molar-refractivity contribution is 7.15. The average molecular weight is 552 g/mol. The van der Waals surface area contributed by atoms with Crippen LogP contribution in [0.5, 0.6) is 11.5 Å². The molecule has 5 rings (SSSR count). The van der Waals surface area contributed by atoms with Crippen molar-refractivity contribution in [3.05, 3.63) is 103 Å². The number of rotatable bonds is 8. The number of halogens is 2. The highest BCUT2D eigenvalue weighted by Crippen LogP contribution is 2.32. The van der Waals surface area contributed by atoms with Crippen molar-refractivity contribution in [2.24, 2.45) is 0 Å². The molecular weight excluding hydrogens is 533 g/mol. The van der Waals surface area contributed by atoms with Gasteiger partial charge >= 0.3 is 0 Å². The molecule has 0 aliphatic carbocycles. The smallest absolute Gasteiger partial charge is 0.291 e. The number of nitrogens with zero attached hydrogens (tertiary/aromatic N) is 3. The average Bonchev–Trinajstić information content (AvgIpc) is 3.59. The van der Waals surface area contributed by atoms with Crippen LogP contribution in [0.1, 0.15) is 17.1 Å². The summed E-state index contributed by atoms with van der Waals surface area (Å²) in [5, 5.41) is 5.35. The van der Waals surface area contributed by atoms with E-state index in [-0.39, 0.29) is 5.56 Å². The lowest BCUT2D eigenvalue weighted by atomic mass is 10.2. The minimum Gasteiger partial charge on any atom is -0.493 e. The number of ether oxygens (including phenoxy) is 2. The Balaban J connectivity index is 1.38. The normalized spacial score (nSPS) is 12.0. The zero-order chi connectivity index (χ0) is 25.9. The lowest BCUT2D eigenvalue weighted by Crippen LogP contribution is -2.23. The maximum Gasteiger partial charge on any atom is 0.291 e. The van der Waals surface area contributed by atoms with Gasteiger partial charge in [-0.2, -0.15) is 9.50 Å². The van der Waals surface area contributed by atoms with Crippen molar-refractivity contribution in [1.29, 1.82) is 0 Å². The van der Waals surface area contributed by atoms with E-state index in [0.29, 0.717) is 60.6 Å². The van der Waals surface area contributed by atoms with Gasteiger partial charge < -0.3 is 13.9 Å². The van der Waals surface area contributed by atoms with Gasteiger partial charge in [0.1, 0.15) is 22.7 Å². The van der Waals surface area contributed by atoms with Crippen molar-refractivity contribution in [3.63, 3.8) is 0 Å². The Morgan fingerprint density at radius 2 is 1.97 bits per heavy atom. The molecule has 0 saturated heterocycles. The molecule has 0 fully saturated rings. The molecule has 0 aliphatic rings. The summed E-state index contributed by atoms with van der Waals surface area (Å²) in [4.78, 5) is 17.8. The first kappa shape index (κ1) is 24.8. The standard InChI is InChI=1S/C27H19Cl2N3O4S/c1-3-12-35-22-9-4-16(13-23(22)34-2)5-11-25-30-27-32(31-25)26(33)24(37-27)15-18-7-10-21(36-18)19-8-6-17(28)14-20(19)29/h3-11,13-15H,1,12H2,2H3/b11-5+,24-15-. The van der Waals surface area contributed by atoms with Gasteiger partial charge in [-0.15, -0.1) is 5.10 Å². The van der Waals surface area contributed by atoms with E-state index in [1.165, 1.54) is 15.9 Å². The third kappa shape index (κ3) is 5.32. The predicted molar refractivity (Wildman–Crippen MR) is 148 cm³/mol. The Hall–Kier alpha value is -3.85. The van der Waals surface area contributed by atoms with E-state index in [1.807, 2.05) is 24.3 Å². The molecule has 0 radical (unpaired) electrons. The van der Waals surface area contributed by atoms with Gasteiger partial charge in [0.15, 0.2) is 17.3 Å². The number of hydrogen-bond acceptors (Lipinski definition) is 7. The SMILES string of the molecule is C=CCOc1ccc(/C=C/c2nc3s/c(=C\c4ccc(-c5ccc(Cl)cc5Cl)o4)c(=O)n3n2)cc1OC. The second-order valence-electron chi connectivity index (χ2n) is 7.75. The van der Waals surface area contributed by atoms with Crippen molar-refractivity contribution in [2.75, 3.05) is 13.7 Å². The third-order valence-electron chi connectivity index (χ3n) is 5.26. The Kier molecular flexibility index (Phi) is 7.14. The number of aromatic nitrogens is 3. The number of furan rings is 1. The van der Waals surface area contributed by atoms with Crippen LogP contribution in [0.25, 0.3) is 34.5 Å². The second kappa shape index (κ2) is 10.6. The minimum absolute atomic E-state index is 0.278. The van der Waals surface area contributed by atoms with Gasteiger partial charge in [-0.1, -0.05) is 59.3 Å². The van der Waals surface area contributed by atoms with Crippen molar-refractivity contribution >= 4 is 57.7 Å². The van der Waals surface area contributed by atoms with E-state index in [9.17, 15) is 4.79 Å². The molecular formula is C27H19Cl2N3O4S. The molecule has 10 heteroatoms. The molecule has 3 aromatic heterocycles. The van der Waals surface area contributed by atoms with Crippen LogP contribution in [0.4, 0.5) is 0 Å². The number of methoxy groups -OCH3 is 1. The maximum absolute atomic E-state index is 12.9. The van der Waals surface area contributed by atoms with E-state index in [4.69, 9.17) is 37.1 Å². The molecule has 0 aliphatic heterocycles. The zero-order valence-corrected chi connectivity index (χ0v) is 21.8. The van der Waals surface area contributed by atoms with Crippen LogP contribution in [0.2, 0.25) is 10.0 Å². The fraction of sp³-hybridized carbons (Fsp3) is 0.0741. The molecule has 7 nitrogen and oxygen atoms in total. The van der Waals surface area contributed by atoms with Gasteiger partial charge in [0.2, 0.25) is 4.96 Å². The topological polar surface area (TPSA) is 78.9 Å². The molecule has 186 valence electrons. The summed E-state index contributed by atoms with van der Waals surface area (Å²) in [6, 6.07) is 14.3. The van der Waals surface area contributed by atoms with E-state index < -0.39 is 0 Å². The summed E-state index contributed by atoms with van der Waals surface area (Å²) in [5.74, 6) is 2.73. The molecule has 0 N–H and O–H groups in total.